The zero-order valence-electron chi connectivity index (χ0n) is 11.2. The molecular weight excluding hydrogens is 224 g/mol. The second-order valence-corrected chi connectivity index (χ2v) is 5.11. The van der Waals surface area contributed by atoms with Crippen LogP contribution in [-0.2, 0) is 0 Å². The van der Waals surface area contributed by atoms with Gasteiger partial charge in [0.05, 0.1) is 6.61 Å². The molecule has 100 valence electrons. The summed E-state index contributed by atoms with van der Waals surface area (Å²) in [7, 11) is 0. The van der Waals surface area contributed by atoms with E-state index in [0.29, 0.717) is 6.04 Å². The van der Waals surface area contributed by atoms with Crippen molar-refractivity contribution in [2.24, 2.45) is 5.73 Å². The number of aliphatic hydroxyl groups excluding tert-OH is 1. The van der Waals surface area contributed by atoms with Crippen LogP contribution in [0.25, 0.3) is 0 Å². The lowest BCUT2D eigenvalue weighted by molar-refractivity contribution is 0.283. The number of hydrogen-bond donors (Lipinski definition) is 2. The van der Waals surface area contributed by atoms with Gasteiger partial charge in [0, 0.05) is 24.3 Å². The molecule has 0 amide bonds. The van der Waals surface area contributed by atoms with Crippen molar-refractivity contribution in [2.75, 3.05) is 18.1 Å². The van der Waals surface area contributed by atoms with Crippen molar-refractivity contribution in [3.63, 3.8) is 0 Å². The van der Waals surface area contributed by atoms with Gasteiger partial charge in [0.1, 0.15) is 0 Å². The largest absolute Gasteiger partial charge is 0.395 e. The van der Waals surface area contributed by atoms with Gasteiger partial charge >= 0.3 is 0 Å². The quantitative estimate of drug-likeness (QED) is 0.813. The summed E-state index contributed by atoms with van der Waals surface area (Å²) in [5.74, 6) is 0. The first-order chi connectivity index (χ1) is 8.76. The molecule has 1 aliphatic rings. The highest BCUT2D eigenvalue weighted by atomic mass is 16.3. The van der Waals surface area contributed by atoms with E-state index in [1.807, 2.05) is 0 Å². The highest BCUT2D eigenvalue weighted by Gasteiger charge is 2.24. The van der Waals surface area contributed by atoms with E-state index < -0.39 is 0 Å². The predicted molar refractivity (Wildman–Crippen MR) is 75.7 cm³/mol. The van der Waals surface area contributed by atoms with E-state index in [0.717, 1.165) is 13.0 Å². The summed E-state index contributed by atoms with van der Waals surface area (Å²) in [6.07, 6.45) is 4.76. The van der Waals surface area contributed by atoms with Gasteiger partial charge in [-0.05, 0) is 43.4 Å². The summed E-state index contributed by atoms with van der Waals surface area (Å²) in [6.45, 7) is 3.04. The lowest BCUT2D eigenvalue weighted by atomic mass is 9.91. The van der Waals surface area contributed by atoms with Gasteiger partial charge in [-0.1, -0.05) is 19.1 Å². The van der Waals surface area contributed by atoms with Crippen LogP contribution in [0.4, 0.5) is 5.69 Å². The number of rotatable bonds is 6. The molecule has 1 atom stereocenters. The summed E-state index contributed by atoms with van der Waals surface area (Å²) < 4.78 is 0. The maximum Gasteiger partial charge on any atom is 0.0606 e. The van der Waals surface area contributed by atoms with Crippen molar-refractivity contribution in [2.45, 2.75) is 44.7 Å². The Balaban J connectivity index is 2.10. The molecule has 0 aromatic heterocycles. The van der Waals surface area contributed by atoms with Gasteiger partial charge in [0.2, 0.25) is 0 Å². The molecule has 1 aromatic carbocycles. The van der Waals surface area contributed by atoms with Gasteiger partial charge in [-0.3, -0.25) is 0 Å². The Morgan fingerprint density at radius 3 is 2.44 bits per heavy atom. The van der Waals surface area contributed by atoms with Crippen LogP contribution in [0.5, 0.6) is 0 Å². The monoisotopic (exact) mass is 248 g/mol. The van der Waals surface area contributed by atoms with Crippen LogP contribution in [-0.4, -0.2) is 24.3 Å². The molecule has 0 spiro atoms. The summed E-state index contributed by atoms with van der Waals surface area (Å²) >= 11 is 0. The van der Waals surface area contributed by atoms with E-state index >= 15 is 0 Å². The van der Waals surface area contributed by atoms with Crippen molar-refractivity contribution >= 4 is 5.69 Å². The lowest BCUT2D eigenvalue weighted by Gasteiger charge is -2.39. The lowest BCUT2D eigenvalue weighted by Crippen LogP contribution is -2.41. The van der Waals surface area contributed by atoms with Gasteiger partial charge in [-0.2, -0.15) is 0 Å². The van der Waals surface area contributed by atoms with Gasteiger partial charge in [-0.25, -0.2) is 0 Å². The smallest absolute Gasteiger partial charge is 0.0606 e. The third kappa shape index (κ3) is 2.85. The van der Waals surface area contributed by atoms with E-state index in [1.54, 1.807) is 0 Å². The number of nitrogens with zero attached hydrogens (tertiary/aromatic N) is 1. The molecule has 18 heavy (non-hydrogen) atoms. The van der Waals surface area contributed by atoms with E-state index in [1.165, 1.54) is 30.5 Å². The van der Waals surface area contributed by atoms with Gasteiger partial charge in [0.25, 0.3) is 0 Å². The number of aliphatic hydroxyl groups is 1. The number of hydrogen-bond acceptors (Lipinski definition) is 3. The van der Waals surface area contributed by atoms with E-state index in [4.69, 9.17) is 5.73 Å². The molecule has 2 rings (SSSR count). The van der Waals surface area contributed by atoms with Gasteiger partial charge < -0.3 is 15.7 Å². The van der Waals surface area contributed by atoms with Crippen molar-refractivity contribution < 1.29 is 5.11 Å². The van der Waals surface area contributed by atoms with E-state index in [-0.39, 0.29) is 12.6 Å². The van der Waals surface area contributed by atoms with Crippen molar-refractivity contribution in [1.82, 2.24) is 0 Å². The van der Waals surface area contributed by atoms with Crippen molar-refractivity contribution in [3.05, 3.63) is 29.8 Å². The maximum atomic E-state index is 9.19. The topological polar surface area (TPSA) is 49.5 Å². The van der Waals surface area contributed by atoms with Crippen LogP contribution in [0.2, 0.25) is 0 Å². The standard InChI is InChI=1S/C15H24N2O/c1-2-15(16)12-6-8-14(9-7-12)17(10-11-18)13-4-3-5-13/h6-9,13,15,18H,2-5,10-11,16H2,1H3/t15-/m1/s1. The molecule has 0 aliphatic heterocycles. The summed E-state index contributed by atoms with van der Waals surface area (Å²) in [4.78, 5) is 2.32. The third-order valence-electron chi connectivity index (χ3n) is 3.95. The summed E-state index contributed by atoms with van der Waals surface area (Å²) in [5.41, 5.74) is 8.43. The zero-order valence-corrected chi connectivity index (χ0v) is 11.2. The number of anilines is 1. The maximum absolute atomic E-state index is 9.19. The predicted octanol–water partition coefficient (Wildman–Crippen LogP) is 2.45. The third-order valence-corrected chi connectivity index (χ3v) is 3.95. The van der Waals surface area contributed by atoms with E-state index in [9.17, 15) is 5.11 Å². The molecule has 1 aromatic rings. The second kappa shape index (κ2) is 6.21. The Morgan fingerprint density at radius 2 is 2.00 bits per heavy atom. The molecule has 0 radical (unpaired) electrons. The average molecular weight is 248 g/mol. The van der Waals surface area contributed by atoms with Crippen LogP contribution in [0.3, 0.4) is 0 Å². The summed E-state index contributed by atoms with van der Waals surface area (Å²) in [5, 5.41) is 9.19. The Bertz CT molecular complexity index is 359. The molecular formula is C15H24N2O. The minimum atomic E-state index is 0.133. The number of nitrogens with two attached hydrogens (primary N) is 1. The minimum absolute atomic E-state index is 0.133. The Hall–Kier alpha value is -1.06. The Kier molecular flexibility index (Phi) is 4.61. The molecule has 3 nitrogen and oxygen atoms in total. The fraction of sp³-hybridized carbons (Fsp3) is 0.600. The Morgan fingerprint density at radius 1 is 1.33 bits per heavy atom. The average Bonchev–Trinajstić information content (AvgIpc) is 2.35. The molecule has 3 heteroatoms. The second-order valence-electron chi connectivity index (χ2n) is 5.11. The fourth-order valence-electron chi connectivity index (χ4n) is 2.48. The first kappa shape index (κ1) is 13.4. The molecule has 1 saturated carbocycles. The molecule has 3 N–H and O–H groups in total. The van der Waals surface area contributed by atoms with Crippen LogP contribution in [0.15, 0.2) is 24.3 Å². The molecule has 1 fully saturated rings. The van der Waals surface area contributed by atoms with E-state index in [2.05, 4.69) is 36.1 Å². The zero-order chi connectivity index (χ0) is 13.0. The number of benzene rings is 1. The molecule has 0 saturated heterocycles. The minimum Gasteiger partial charge on any atom is -0.395 e. The molecule has 0 bridgehead atoms. The molecule has 0 unspecified atom stereocenters. The van der Waals surface area contributed by atoms with Crippen LogP contribution < -0.4 is 10.6 Å². The first-order valence-electron chi connectivity index (χ1n) is 6.99. The van der Waals surface area contributed by atoms with Crippen molar-refractivity contribution in [1.29, 1.82) is 0 Å². The normalized spacial score (nSPS) is 17.3. The summed E-state index contributed by atoms with van der Waals surface area (Å²) in [6, 6.07) is 9.26. The highest BCUT2D eigenvalue weighted by molar-refractivity contribution is 5.49. The Labute approximate surface area is 110 Å². The van der Waals surface area contributed by atoms with Crippen LogP contribution in [0, 0.1) is 0 Å². The molecule has 0 heterocycles. The highest BCUT2D eigenvalue weighted by Crippen LogP contribution is 2.30. The fourth-order valence-corrected chi connectivity index (χ4v) is 2.48. The van der Waals surface area contributed by atoms with Gasteiger partial charge in [-0.15, -0.1) is 0 Å². The van der Waals surface area contributed by atoms with Gasteiger partial charge in [0.15, 0.2) is 0 Å². The SMILES string of the molecule is CC[C@@H](N)c1ccc(N(CCO)C2CCC2)cc1. The van der Waals surface area contributed by atoms with Crippen LogP contribution >= 0.6 is 0 Å². The molecule has 1 aliphatic carbocycles. The van der Waals surface area contributed by atoms with Crippen molar-refractivity contribution in [3.8, 4) is 0 Å². The van der Waals surface area contributed by atoms with Crippen LogP contribution in [0.1, 0.15) is 44.2 Å². The first-order valence-corrected chi connectivity index (χ1v) is 6.99.